The Bertz CT molecular complexity index is 1310. The number of aromatic amines is 1. The van der Waals surface area contributed by atoms with E-state index in [-0.39, 0.29) is 22.4 Å². The van der Waals surface area contributed by atoms with Crippen LogP contribution in [0, 0.1) is 0 Å². The molecule has 1 fully saturated rings. The van der Waals surface area contributed by atoms with Gasteiger partial charge in [-0.1, -0.05) is 11.2 Å². The van der Waals surface area contributed by atoms with Gasteiger partial charge in [0.15, 0.2) is 5.13 Å². The smallest absolute Gasteiger partial charge is 0.278 e. The molecular formula is C19H22FN11O5S2. The number of aromatic nitrogens is 6. The Kier molecular flexibility index (Phi) is 7.97. The van der Waals surface area contributed by atoms with Crippen LogP contribution in [-0.4, -0.2) is 108 Å². The Morgan fingerprint density at radius 3 is 2.87 bits per heavy atom. The lowest BCUT2D eigenvalue weighted by Crippen LogP contribution is -2.71. The minimum absolute atomic E-state index is 0.0378. The molecule has 0 aliphatic carbocycles. The number of nitrogens with zero attached hydrogens (tertiary/aromatic N) is 8. The highest BCUT2D eigenvalue weighted by Crippen LogP contribution is 2.40. The molecule has 4 heterocycles. The number of aliphatic carboxylic acids is 1. The number of nitrogen functional groups attached to an aromatic ring is 1. The molecule has 2 atom stereocenters. The van der Waals surface area contributed by atoms with E-state index in [1.165, 1.54) is 11.8 Å². The zero-order valence-corrected chi connectivity index (χ0v) is 21.7. The van der Waals surface area contributed by atoms with Crippen molar-refractivity contribution in [3.63, 3.8) is 0 Å². The fourth-order valence-electron chi connectivity index (χ4n) is 3.75. The van der Waals surface area contributed by atoms with Crippen LogP contribution >= 0.6 is 23.3 Å². The van der Waals surface area contributed by atoms with Crippen LogP contribution in [0.5, 0.6) is 0 Å². The van der Waals surface area contributed by atoms with Gasteiger partial charge >= 0.3 is 0 Å². The number of thioether (sulfide) groups is 1. The molecule has 0 saturated carbocycles. The fourth-order valence-corrected chi connectivity index (χ4v) is 5.50. The van der Waals surface area contributed by atoms with E-state index in [4.69, 9.17) is 5.73 Å². The first kappa shape index (κ1) is 27.1. The van der Waals surface area contributed by atoms with Gasteiger partial charge in [0.05, 0.1) is 32.3 Å². The minimum Gasteiger partial charge on any atom is -0.543 e. The number of quaternary nitrogens is 1. The second-order valence-corrected chi connectivity index (χ2v) is 10.6. The number of amides is 2. The number of β-lactam (4-membered cyclic amide) rings is 1. The number of likely N-dealkylation sites (N-methyl/N-ethyl adjacent to an activating group) is 1. The van der Waals surface area contributed by atoms with Crippen molar-refractivity contribution in [2.24, 2.45) is 5.16 Å². The normalized spacial score (nSPS) is 19.9. The van der Waals surface area contributed by atoms with Gasteiger partial charge in [0.1, 0.15) is 18.0 Å². The number of alkyl halides is 1. The molecule has 2 aliphatic heterocycles. The monoisotopic (exact) mass is 567 g/mol. The zero-order chi connectivity index (χ0) is 27.4. The molecule has 1 saturated heterocycles. The van der Waals surface area contributed by atoms with Crippen LogP contribution in [0.2, 0.25) is 0 Å². The van der Waals surface area contributed by atoms with Gasteiger partial charge in [-0.15, -0.1) is 22.0 Å². The summed E-state index contributed by atoms with van der Waals surface area (Å²) < 4.78 is 16.8. The molecule has 2 aromatic heterocycles. The second-order valence-electron chi connectivity index (χ2n) is 8.66. The predicted molar refractivity (Wildman–Crippen MR) is 129 cm³/mol. The number of nitrogens with one attached hydrogen (secondary N) is 2. The Balaban J connectivity index is 1.46. The van der Waals surface area contributed by atoms with Crippen molar-refractivity contribution >= 4 is 51.9 Å². The molecule has 4 N–H and O–H groups in total. The van der Waals surface area contributed by atoms with E-state index in [9.17, 15) is 23.9 Å². The number of allylic oxidation sites excluding steroid dienone is 1. The Morgan fingerprint density at radius 1 is 1.45 bits per heavy atom. The summed E-state index contributed by atoms with van der Waals surface area (Å²) >= 11 is 2.04. The van der Waals surface area contributed by atoms with Crippen LogP contribution in [0.3, 0.4) is 0 Å². The second kappa shape index (κ2) is 11.2. The zero-order valence-electron chi connectivity index (χ0n) is 20.0. The number of carboxylic acids is 1. The standard InChI is InChI=1S/C19H22FN11O5S2/c1-31(2,6-10-24-28-29-25-10)5-3-4-9-7-37-17-12(16(33)30(17)13(9)18(34)35)22-15(32)11(26-36-8-20)14-23-19(21)38-27-14/h3-4,12,17H,5-8H2,1-2H3,(H4-,21,22,23,24,25,27,28,29,32,34,35)/b4-3+,26-11-/t12-,17+/m1/s1. The van der Waals surface area contributed by atoms with E-state index < -0.39 is 41.8 Å². The van der Waals surface area contributed by atoms with Crippen LogP contribution in [-0.2, 0) is 25.8 Å². The molecule has 19 heteroatoms. The van der Waals surface area contributed by atoms with Crippen molar-refractivity contribution < 1.29 is 33.2 Å². The topological polar surface area (TPSA) is 217 Å². The lowest BCUT2D eigenvalue weighted by atomic mass is 10.0. The number of oxime groups is 1. The summed E-state index contributed by atoms with van der Waals surface area (Å²) in [6.07, 6.45) is 3.43. The quantitative estimate of drug-likeness (QED) is 0.111. The van der Waals surface area contributed by atoms with Gasteiger partial charge in [0.2, 0.25) is 17.4 Å². The molecule has 0 radical (unpaired) electrons. The molecule has 202 valence electrons. The summed E-state index contributed by atoms with van der Waals surface area (Å²) in [6.45, 7) is -0.313. The third-order valence-corrected chi connectivity index (χ3v) is 7.27. The van der Waals surface area contributed by atoms with Crippen LogP contribution < -0.4 is 16.2 Å². The lowest BCUT2D eigenvalue weighted by molar-refractivity contribution is -0.898. The van der Waals surface area contributed by atoms with E-state index >= 15 is 0 Å². The van der Waals surface area contributed by atoms with Crippen molar-refractivity contribution in [1.29, 1.82) is 0 Å². The van der Waals surface area contributed by atoms with E-state index in [0.717, 1.165) is 16.4 Å². The molecule has 16 nitrogen and oxygen atoms in total. The number of anilines is 1. The molecule has 0 spiro atoms. The van der Waals surface area contributed by atoms with E-state index in [1.807, 2.05) is 14.1 Å². The van der Waals surface area contributed by atoms with Gasteiger partial charge in [-0.05, 0) is 16.9 Å². The molecule has 2 amide bonds. The largest absolute Gasteiger partial charge is 0.543 e. The number of hydrogen-bond acceptors (Lipinski definition) is 14. The third-order valence-electron chi connectivity index (χ3n) is 5.43. The highest BCUT2D eigenvalue weighted by Gasteiger charge is 2.53. The first-order valence-electron chi connectivity index (χ1n) is 10.9. The van der Waals surface area contributed by atoms with Crippen molar-refractivity contribution in [3.05, 3.63) is 35.1 Å². The average Bonchev–Trinajstić information content (AvgIpc) is 3.53. The number of halogens is 1. The van der Waals surface area contributed by atoms with Gasteiger partial charge in [-0.3, -0.25) is 14.5 Å². The van der Waals surface area contributed by atoms with Crippen LogP contribution in [0.1, 0.15) is 11.6 Å². The molecule has 2 aromatic rings. The highest BCUT2D eigenvalue weighted by atomic mass is 32.2. The number of H-pyrrole nitrogens is 1. The Hall–Kier alpha value is -3.97. The molecule has 4 rings (SSSR count). The lowest BCUT2D eigenvalue weighted by Gasteiger charge is -2.50. The molecule has 0 aromatic carbocycles. The van der Waals surface area contributed by atoms with Gasteiger partial charge in [0.25, 0.3) is 18.7 Å². The number of rotatable bonds is 11. The van der Waals surface area contributed by atoms with Crippen LogP contribution in [0.4, 0.5) is 9.52 Å². The van der Waals surface area contributed by atoms with E-state index in [0.29, 0.717) is 29.0 Å². The number of carbonyl (C=O) groups is 3. The van der Waals surface area contributed by atoms with Crippen LogP contribution in [0.15, 0.2) is 28.6 Å². The average molecular weight is 568 g/mol. The fraction of sp³-hybridized carbons (Fsp3) is 0.421. The summed E-state index contributed by atoms with van der Waals surface area (Å²) in [6, 6.07) is -1.08. The highest BCUT2D eigenvalue weighted by molar-refractivity contribution is 8.00. The molecule has 0 unspecified atom stereocenters. The number of nitrogens with two attached hydrogens (primary N) is 1. The minimum atomic E-state index is -1.52. The van der Waals surface area contributed by atoms with E-state index in [2.05, 4.69) is 45.3 Å². The molecule has 2 aliphatic rings. The summed E-state index contributed by atoms with van der Waals surface area (Å²) in [5.41, 5.74) is 5.17. The summed E-state index contributed by atoms with van der Waals surface area (Å²) in [5, 5.41) is 31.0. The maximum Gasteiger partial charge on any atom is 0.278 e. The van der Waals surface area contributed by atoms with Crippen molar-refractivity contribution in [3.8, 4) is 0 Å². The van der Waals surface area contributed by atoms with Gasteiger partial charge in [0, 0.05) is 17.3 Å². The van der Waals surface area contributed by atoms with E-state index in [1.54, 1.807) is 12.2 Å². The Morgan fingerprint density at radius 2 is 2.24 bits per heavy atom. The van der Waals surface area contributed by atoms with Crippen molar-refractivity contribution in [2.45, 2.75) is 18.0 Å². The maximum atomic E-state index is 12.9. The maximum absolute atomic E-state index is 12.9. The van der Waals surface area contributed by atoms with Gasteiger partial charge in [-0.2, -0.15) is 14.6 Å². The number of hydrogen-bond donors (Lipinski definition) is 3. The van der Waals surface area contributed by atoms with Crippen molar-refractivity contribution in [2.75, 3.05) is 39.0 Å². The number of carbonyl (C=O) groups excluding carboxylic acids is 3. The Labute approximate surface area is 222 Å². The first-order chi connectivity index (χ1) is 18.1. The summed E-state index contributed by atoms with van der Waals surface area (Å²) in [7, 11) is 3.89. The molecule has 0 bridgehead atoms. The predicted octanol–water partition coefficient (Wildman–Crippen LogP) is -2.48. The first-order valence-corrected chi connectivity index (χ1v) is 12.7. The number of fused-ring (bicyclic) bond motifs is 1. The number of carboxylic acid groups (broad SMARTS) is 1. The van der Waals surface area contributed by atoms with Crippen molar-refractivity contribution in [1.82, 2.24) is 40.2 Å². The summed E-state index contributed by atoms with van der Waals surface area (Å²) in [5.74, 6) is -2.52. The molecular weight excluding hydrogens is 545 g/mol. The van der Waals surface area contributed by atoms with Gasteiger partial charge < -0.3 is 30.3 Å². The van der Waals surface area contributed by atoms with Crippen LogP contribution in [0.25, 0.3) is 0 Å². The third kappa shape index (κ3) is 5.78. The molecule has 38 heavy (non-hydrogen) atoms. The van der Waals surface area contributed by atoms with Gasteiger partial charge in [-0.25, -0.2) is 4.39 Å². The SMILES string of the molecule is C[N+](C)(C/C=C/C1=C(C(=O)[O-])N2C(=O)[C@@H](NC(=O)/C(=N\OCF)c3nsc(N)n3)[C@@H]2SC1)Cc1nn[nH]n1. The summed E-state index contributed by atoms with van der Waals surface area (Å²) in [4.78, 5) is 46.9. The number of tetrazole rings is 1.